The number of benzene rings is 2. The molecule has 4 aromatic rings. The van der Waals surface area contributed by atoms with Gasteiger partial charge in [0.05, 0.1) is 24.8 Å². The standard InChI is InChI=1S/C23H25N5O3/c1-30-12-11-19-27-20-21(17-5-3-4-6-18(17)26-22(20)24)28(19)14-16-9-7-15(8-10-16)13-25-23(29)31-2/h3-10H,11-14H2,1-2H3,(H2,24,26)(H,25,29). The number of pyridine rings is 1. The maximum atomic E-state index is 11.3. The summed E-state index contributed by atoms with van der Waals surface area (Å²) in [6.07, 6.45) is 0.218. The lowest BCUT2D eigenvalue weighted by Crippen LogP contribution is -2.22. The number of rotatable bonds is 7. The van der Waals surface area contributed by atoms with E-state index in [1.807, 2.05) is 48.5 Å². The summed E-state index contributed by atoms with van der Waals surface area (Å²) in [6, 6.07) is 16.0. The Balaban J connectivity index is 1.72. The molecular formula is C23H25N5O3. The van der Waals surface area contributed by atoms with Gasteiger partial charge in [0.1, 0.15) is 11.3 Å². The molecule has 8 nitrogen and oxygen atoms in total. The van der Waals surface area contributed by atoms with Crippen LogP contribution in [0.1, 0.15) is 17.0 Å². The predicted molar refractivity (Wildman–Crippen MR) is 120 cm³/mol. The third-order valence-corrected chi connectivity index (χ3v) is 5.21. The summed E-state index contributed by atoms with van der Waals surface area (Å²) in [5, 5.41) is 3.70. The van der Waals surface area contributed by atoms with E-state index in [0.29, 0.717) is 37.5 Å². The number of aromatic nitrogens is 3. The van der Waals surface area contributed by atoms with Crippen molar-refractivity contribution in [2.24, 2.45) is 0 Å². The Morgan fingerprint density at radius 1 is 1.06 bits per heavy atom. The Labute approximate surface area is 180 Å². The summed E-state index contributed by atoms with van der Waals surface area (Å²) >= 11 is 0. The highest BCUT2D eigenvalue weighted by molar-refractivity contribution is 6.06. The molecule has 0 aliphatic carbocycles. The van der Waals surface area contributed by atoms with Gasteiger partial charge in [-0.05, 0) is 17.2 Å². The van der Waals surface area contributed by atoms with Crippen LogP contribution < -0.4 is 11.1 Å². The fraction of sp³-hybridized carbons (Fsp3) is 0.261. The molecule has 3 N–H and O–H groups in total. The summed E-state index contributed by atoms with van der Waals surface area (Å²) in [5.41, 5.74) is 10.9. The number of nitrogen functional groups attached to an aromatic ring is 1. The summed E-state index contributed by atoms with van der Waals surface area (Å²) in [5.74, 6) is 1.33. The molecule has 0 aliphatic heterocycles. The lowest BCUT2D eigenvalue weighted by atomic mass is 10.1. The van der Waals surface area contributed by atoms with Gasteiger partial charge in [-0.2, -0.15) is 0 Å². The number of nitrogens with zero attached hydrogens (tertiary/aromatic N) is 3. The number of fused-ring (bicyclic) bond motifs is 3. The van der Waals surface area contributed by atoms with Crippen LogP contribution in [0.2, 0.25) is 0 Å². The van der Waals surface area contributed by atoms with E-state index in [0.717, 1.165) is 33.4 Å². The van der Waals surface area contributed by atoms with Crippen molar-refractivity contribution < 1.29 is 14.3 Å². The van der Waals surface area contributed by atoms with Crippen LogP contribution in [0.4, 0.5) is 10.6 Å². The van der Waals surface area contributed by atoms with Gasteiger partial charge in [0, 0.05) is 32.0 Å². The molecule has 0 bridgehead atoms. The largest absolute Gasteiger partial charge is 0.453 e. The quantitative estimate of drug-likeness (QED) is 0.476. The second-order valence-corrected chi connectivity index (χ2v) is 7.23. The maximum absolute atomic E-state index is 11.3. The first-order valence-electron chi connectivity index (χ1n) is 10.0. The lowest BCUT2D eigenvalue weighted by molar-refractivity contribution is 0.170. The fourth-order valence-electron chi connectivity index (χ4n) is 3.65. The van der Waals surface area contributed by atoms with Gasteiger partial charge >= 0.3 is 6.09 Å². The van der Waals surface area contributed by atoms with Crippen LogP contribution in [0.25, 0.3) is 21.9 Å². The van der Waals surface area contributed by atoms with E-state index in [1.54, 1.807) is 7.11 Å². The number of amides is 1. The molecule has 0 saturated heterocycles. The second kappa shape index (κ2) is 9.01. The summed E-state index contributed by atoms with van der Waals surface area (Å²) in [7, 11) is 3.03. The van der Waals surface area contributed by atoms with Crippen molar-refractivity contribution in [3.05, 3.63) is 65.5 Å². The number of ether oxygens (including phenoxy) is 2. The second-order valence-electron chi connectivity index (χ2n) is 7.23. The Kier molecular flexibility index (Phi) is 5.99. The number of hydrogen-bond donors (Lipinski definition) is 2. The fourth-order valence-corrected chi connectivity index (χ4v) is 3.65. The number of hydrogen-bond acceptors (Lipinski definition) is 6. The van der Waals surface area contributed by atoms with Gasteiger partial charge in [0.15, 0.2) is 5.82 Å². The topological polar surface area (TPSA) is 104 Å². The summed E-state index contributed by atoms with van der Waals surface area (Å²) < 4.78 is 12.1. The van der Waals surface area contributed by atoms with E-state index in [9.17, 15) is 4.79 Å². The predicted octanol–water partition coefficient (Wildman–Crippen LogP) is 3.26. The molecule has 0 radical (unpaired) electrons. The van der Waals surface area contributed by atoms with Crippen LogP contribution in [0.3, 0.4) is 0 Å². The molecule has 0 unspecified atom stereocenters. The average molecular weight is 419 g/mol. The Morgan fingerprint density at radius 3 is 2.55 bits per heavy atom. The molecule has 160 valence electrons. The zero-order chi connectivity index (χ0) is 21.8. The Morgan fingerprint density at radius 2 is 1.81 bits per heavy atom. The number of anilines is 1. The van der Waals surface area contributed by atoms with Gasteiger partial charge in [-0.15, -0.1) is 0 Å². The molecule has 2 aromatic carbocycles. The third kappa shape index (κ3) is 4.29. The average Bonchev–Trinajstić information content (AvgIpc) is 3.16. The zero-order valence-electron chi connectivity index (χ0n) is 17.6. The number of alkyl carbamates (subject to hydrolysis) is 1. The molecule has 0 aliphatic rings. The first-order chi connectivity index (χ1) is 15.1. The minimum Gasteiger partial charge on any atom is -0.453 e. The highest BCUT2D eigenvalue weighted by Gasteiger charge is 2.17. The first kappa shape index (κ1) is 20.6. The van der Waals surface area contributed by atoms with Gasteiger partial charge in [-0.3, -0.25) is 0 Å². The number of para-hydroxylation sites is 1. The molecule has 2 aromatic heterocycles. The Bertz CT molecular complexity index is 1220. The van der Waals surface area contributed by atoms with Crippen LogP contribution in [0.5, 0.6) is 0 Å². The minimum atomic E-state index is -0.449. The molecule has 2 heterocycles. The number of carbonyl (C=O) groups excluding carboxylic acids is 1. The van der Waals surface area contributed by atoms with E-state index < -0.39 is 6.09 Å². The number of methoxy groups -OCH3 is 2. The van der Waals surface area contributed by atoms with E-state index in [2.05, 4.69) is 19.6 Å². The molecule has 0 spiro atoms. The molecule has 0 atom stereocenters. The number of nitrogens with one attached hydrogen (secondary N) is 1. The van der Waals surface area contributed by atoms with Crippen molar-refractivity contribution in [2.45, 2.75) is 19.5 Å². The van der Waals surface area contributed by atoms with Crippen LogP contribution in [0.15, 0.2) is 48.5 Å². The van der Waals surface area contributed by atoms with E-state index in [-0.39, 0.29) is 0 Å². The highest BCUT2D eigenvalue weighted by atomic mass is 16.5. The van der Waals surface area contributed by atoms with Crippen LogP contribution >= 0.6 is 0 Å². The van der Waals surface area contributed by atoms with Gasteiger partial charge in [-0.1, -0.05) is 42.5 Å². The van der Waals surface area contributed by atoms with Crippen molar-refractivity contribution in [3.63, 3.8) is 0 Å². The van der Waals surface area contributed by atoms with E-state index in [1.165, 1.54) is 7.11 Å². The molecule has 1 amide bonds. The van der Waals surface area contributed by atoms with Crippen molar-refractivity contribution in [3.8, 4) is 0 Å². The lowest BCUT2D eigenvalue weighted by Gasteiger charge is -2.12. The van der Waals surface area contributed by atoms with Gasteiger partial charge < -0.3 is 25.1 Å². The van der Waals surface area contributed by atoms with E-state index in [4.69, 9.17) is 15.5 Å². The first-order valence-corrected chi connectivity index (χ1v) is 10.0. The van der Waals surface area contributed by atoms with Gasteiger partial charge in [0.2, 0.25) is 0 Å². The Hall–Kier alpha value is -3.65. The van der Waals surface area contributed by atoms with Crippen molar-refractivity contribution in [1.29, 1.82) is 0 Å². The van der Waals surface area contributed by atoms with Gasteiger partial charge in [-0.25, -0.2) is 14.8 Å². The highest BCUT2D eigenvalue weighted by Crippen LogP contribution is 2.29. The monoisotopic (exact) mass is 419 g/mol. The molecule has 8 heteroatoms. The van der Waals surface area contributed by atoms with Crippen LogP contribution in [0, 0.1) is 0 Å². The van der Waals surface area contributed by atoms with Crippen molar-refractivity contribution >= 4 is 33.8 Å². The maximum Gasteiger partial charge on any atom is 0.407 e. The number of imidazole rings is 1. The van der Waals surface area contributed by atoms with Crippen LogP contribution in [-0.2, 0) is 29.0 Å². The molecular weight excluding hydrogens is 394 g/mol. The smallest absolute Gasteiger partial charge is 0.407 e. The van der Waals surface area contributed by atoms with Crippen molar-refractivity contribution in [1.82, 2.24) is 19.9 Å². The normalized spacial score (nSPS) is 11.2. The van der Waals surface area contributed by atoms with Gasteiger partial charge in [0.25, 0.3) is 0 Å². The molecule has 0 fully saturated rings. The summed E-state index contributed by atoms with van der Waals surface area (Å²) in [6.45, 7) is 1.60. The number of carbonyl (C=O) groups is 1. The summed E-state index contributed by atoms with van der Waals surface area (Å²) in [4.78, 5) is 20.6. The van der Waals surface area contributed by atoms with E-state index >= 15 is 0 Å². The molecule has 0 saturated carbocycles. The number of nitrogens with two attached hydrogens (primary N) is 1. The minimum absolute atomic E-state index is 0.410. The van der Waals surface area contributed by atoms with Crippen molar-refractivity contribution in [2.75, 3.05) is 26.6 Å². The zero-order valence-corrected chi connectivity index (χ0v) is 17.6. The SMILES string of the molecule is COCCc1nc2c(N)nc3ccccc3c2n1Cc1ccc(CNC(=O)OC)cc1. The molecule has 4 rings (SSSR count). The molecule has 31 heavy (non-hydrogen) atoms. The van der Waals surface area contributed by atoms with Crippen LogP contribution in [-0.4, -0.2) is 41.5 Å². The third-order valence-electron chi connectivity index (χ3n) is 5.21.